The molecule has 1 aliphatic carbocycles. The second kappa shape index (κ2) is 6.76. The van der Waals surface area contributed by atoms with E-state index >= 15 is 0 Å². The van der Waals surface area contributed by atoms with Gasteiger partial charge in [0, 0.05) is 23.8 Å². The number of benzene rings is 1. The monoisotopic (exact) mass is 337 g/mol. The first-order valence-electron chi connectivity index (χ1n) is 7.83. The highest BCUT2D eigenvalue weighted by Gasteiger charge is 2.39. The predicted molar refractivity (Wildman–Crippen MR) is 87.0 cm³/mol. The first kappa shape index (κ1) is 16.1. The zero-order chi connectivity index (χ0) is 16.4. The lowest BCUT2D eigenvalue weighted by Gasteiger charge is -2.21. The highest BCUT2D eigenvalue weighted by atomic mass is 35.5. The van der Waals surface area contributed by atoms with Crippen LogP contribution in [0.5, 0.6) is 0 Å². The average Bonchev–Trinajstić information content (AvgIpc) is 3.10. The lowest BCUT2D eigenvalue weighted by atomic mass is 10.2. The fraction of sp³-hybridized carbons (Fsp3) is 0.500. The van der Waals surface area contributed by atoms with Gasteiger partial charge in [0.05, 0.1) is 6.42 Å². The molecule has 1 atom stereocenters. The zero-order valence-corrected chi connectivity index (χ0v) is 13.8. The van der Waals surface area contributed by atoms with Gasteiger partial charge in [-0.1, -0.05) is 24.4 Å². The minimum absolute atomic E-state index is 0.0936. The zero-order valence-electron chi connectivity index (χ0n) is 13.0. The van der Waals surface area contributed by atoms with Crippen LogP contribution in [0.15, 0.2) is 24.3 Å². The number of nitrogens with one attached hydrogen (secondary N) is 1. The van der Waals surface area contributed by atoms with Crippen LogP contribution < -0.4 is 10.2 Å². The van der Waals surface area contributed by atoms with Crippen LogP contribution in [0.4, 0.5) is 10.5 Å². The van der Waals surface area contributed by atoms with Gasteiger partial charge in [-0.05, 0) is 37.1 Å². The molecule has 1 aliphatic heterocycles. The van der Waals surface area contributed by atoms with Crippen LogP contribution in [0.2, 0.25) is 5.02 Å². The number of hydrogen-bond acceptors (Lipinski definition) is 3. The Morgan fingerprint density at radius 3 is 2.61 bits per heavy atom. The molecule has 0 bridgehead atoms. The van der Waals surface area contributed by atoms with E-state index in [1.165, 1.54) is 4.90 Å². The van der Waals surface area contributed by atoms with Crippen molar-refractivity contribution >= 4 is 29.2 Å². The number of halogens is 1. The molecule has 1 heterocycles. The fourth-order valence-corrected chi connectivity index (χ4v) is 3.20. The second-order valence-electron chi connectivity index (χ2n) is 5.94. The maximum absolute atomic E-state index is 12.3. The number of urea groups is 1. The van der Waals surface area contributed by atoms with Crippen LogP contribution in [0.25, 0.3) is 0 Å². The van der Waals surface area contributed by atoms with E-state index in [2.05, 4.69) is 5.32 Å². The van der Waals surface area contributed by atoms with Crippen molar-refractivity contribution in [1.82, 2.24) is 10.4 Å². The van der Waals surface area contributed by atoms with Crippen molar-refractivity contribution in [2.24, 2.45) is 0 Å². The van der Waals surface area contributed by atoms with E-state index in [1.54, 1.807) is 31.3 Å². The van der Waals surface area contributed by atoms with E-state index in [0.29, 0.717) is 10.7 Å². The van der Waals surface area contributed by atoms with Crippen molar-refractivity contribution in [2.75, 3.05) is 11.9 Å². The number of hydrogen-bond donors (Lipinski definition) is 1. The molecule has 0 aromatic heterocycles. The Bertz CT molecular complexity index is 587. The number of carbonyl (C=O) groups excluding carboxylic acids is 2. The molecular weight excluding hydrogens is 318 g/mol. The Kier molecular flexibility index (Phi) is 4.73. The van der Waals surface area contributed by atoms with Crippen molar-refractivity contribution in [3.05, 3.63) is 29.3 Å². The van der Waals surface area contributed by atoms with Crippen LogP contribution in [0, 0.1) is 0 Å². The van der Waals surface area contributed by atoms with Crippen LogP contribution in [-0.2, 0) is 9.63 Å². The molecule has 6 nitrogen and oxygen atoms in total. The minimum atomic E-state index is -0.643. The Labute approximate surface area is 140 Å². The van der Waals surface area contributed by atoms with Crippen molar-refractivity contribution in [3.8, 4) is 0 Å². The summed E-state index contributed by atoms with van der Waals surface area (Å²) in [5.41, 5.74) is 0.655. The van der Waals surface area contributed by atoms with Gasteiger partial charge in [0.15, 0.2) is 6.23 Å². The molecule has 2 fully saturated rings. The van der Waals surface area contributed by atoms with E-state index < -0.39 is 6.23 Å². The van der Waals surface area contributed by atoms with Gasteiger partial charge in [-0.3, -0.25) is 9.69 Å². The van der Waals surface area contributed by atoms with Crippen LogP contribution in [0.1, 0.15) is 32.1 Å². The number of nitrogens with zero attached hydrogens (tertiary/aromatic N) is 2. The maximum atomic E-state index is 12.3. The summed E-state index contributed by atoms with van der Waals surface area (Å²) >= 11 is 5.89. The molecule has 1 N–H and O–H groups in total. The molecule has 3 rings (SSSR count). The van der Waals surface area contributed by atoms with Crippen molar-refractivity contribution in [2.45, 2.75) is 44.4 Å². The molecule has 23 heavy (non-hydrogen) atoms. The van der Waals surface area contributed by atoms with E-state index in [9.17, 15) is 9.59 Å². The normalized spacial score (nSPS) is 22.0. The third-order valence-corrected chi connectivity index (χ3v) is 4.48. The topological polar surface area (TPSA) is 61.9 Å². The largest absolute Gasteiger partial charge is 0.353 e. The lowest BCUT2D eigenvalue weighted by molar-refractivity contribution is -0.133. The Morgan fingerprint density at radius 1 is 1.30 bits per heavy atom. The summed E-state index contributed by atoms with van der Waals surface area (Å²) in [5.74, 6) is -0.0936. The second-order valence-corrected chi connectivity index (χ2v) is 6.38. The summed E-state index contributed by atoms with van der Waals surface area (Å²) < 4.78 is 0. The standard InChI is InChI=1S/C16H20ClN3O3/c1-19-16(22)20(13-8-6-11(17)7-9-13)15(23-19)10-14(21)18-12-4-2-3-5-12/h6-9,12,15H,2-5,10H2,1H3,(H,18,21)/t15-/m1/s1. The van der Waals surface area contributed by atoms with Gasteiger partial charge >= 0.3 is 6.03 Å². The fourth-order valence-electron chi connectivity index (χ4n) is 3.07. The summed E-state index contributed by atoms with van der Waals surface area (Å²) in [6.07, 6.45) is 3.82. The third-order valence-electron chi connectivity index (χ3n) is 4.23. The first-order chi connectivity index (χ1) is 11.0. The van der Waals surface area contributed by atoms with Gasteiger partial charge in [0.25, 0.3) is 0 Å². The quantitative estimate of drug-likeness (QED) is 0.918. The lowest BCUT2D eigenvalue weighted by Crippen LogP contribution is -2.40. The van der Waals surface area contributed by atoms with E-state index in [0.717, 1.165) is 30.7 Å². The summed E-state index contributed by atoms with van der Waals surface area (Å²) in [6.45, 7) is 0. The molecule has 7 heteroatoms. The highest BCUT2D eigenvalue weighted by Crippen LogP contribution is 2.28. The first-order valence-corrected chi connectivity index (χ1v) is 8.21. The average molecular weight is 338 g/mol. The van der Waals surface area contributed by atoms with E-state index in [-0.39, 0.29) is 24.4 Å². The molecule has 124 valence electrons. The molecule has 2 aliphatic rings. The number of amides is 3. The Hall–Kier alpha value is -1.79. The maximum Gasteiger partial charge on any atom is 0.350 e. The van der Waals surface area contributed by atoms with Crippen LogP contribution in [-0.4, -0.2) is 36.3 Å². The third kappa shape index (κ3) is 3.59. The Morgan fingerprint density at radius 2 is 1.96 bits per heavy atom. The summed E-state index contributed by atoms with van der Waals surface area (Å²) in [5, 5.41) is 4.76. The Balaban J connectivity index is 1.69. The molecular formula is C16H20ClN3O3. The van der Waals surface area contributed by atoms with Crippen LogP contribution >= 0.6 is 11.6 Å². The van der Waals surface area contributed by atoms with Gasteiger partial charge in [-0.25, -0.2) is 14.7 Å². The van der Waals surface area contributed by atoms with Gasteiger partial charge in [0.2, 0.25) is 5.91 Å². The summed E-state index contributed by atoms with van der Waals surface area (Å²) in [4.78, 5) is 31.5. The van der Waals surface area contributed by atoms with Crippen molar-refractivity contribution < 1.29 is 14.4 Å². The van der Waals surface area contributed by atoms with Crippen LogP contribution in [0.3, 0.4) is 0 Å². The predicted octanol–water partition coefficient (Wildman–Crippen LogP) is 2.92. The molecule has 0 radical (unpaired) electrons. The van der Waals surface area contributed by atoms with Gasteiger partial charge in [-0.2, -0.15) is 0 Å². The highest BCUT2D eigenvalue weighted by molar-refractivity contribution is 6.30. The van der Waals surface area contributed by atoms with E-state index in [4.69, 9.17) is 16.4 Å². The number of hydroxylamine groups is 2. The molecule has 3 amide bonds. The molecule has 1 saturated heterocycles. The van der Waals surface area contributed by atoms with Crippen molar-refractivity contribution in [3.63, 3.8) is 0 Å². The minimum Gasteiger partial charge on any atom is -0.353 e. The van der Waals surface area contributed by atoms with Gasteiger partial charge in [-0.15, -0.1) is 0 Å². The number of anilines is 1. The smallest absolute Gasteiger partial charge is 0.350 e. The number of rotatable bonds is 4. The van der Waals surface area contributed by atoms with Gasteiger partial charge in [0.1, 0.15) is 0 Å². The van der Waals surface area contributed by atoms with E-state index in [1.807, 2.05) is 0 Å². The molecule has 1 aromatic rings. The summed E-state index contributed by atoms with van der Waals surface area (Å²) in [7, 11) is 1.54. The number of carbonyl (C=O) groups is 2. The molecule has 0 unspecified atom stereocenters. The summed E-state index contributed by atoms with van der Waals surface area (Å²) in [6, 6.07) is 6.85. The molecule has 1 saturated carbocycles. The van der Waals surface area contributed by atoms with Gasteiger partial charge < -0.3 is 5.32 Å². The van der Waals surface area contributed by atoms with Crippen molar-refractivity contribution in [1.29, 1.82) is 0 Å². The molecule has 1 aromatic carbocycles. The molecule has 0 spiro atoms. The SMILES string of the molecule is CN1O[C@H](CC(=O)NC2CCCC2)N(c2ccc(Cl)cc2)C1=O.